The molecule has 0 bridgehead atoms. The Balaban J connectivity index is 2.39. The highest BCUT2D eigenvalue weighted by Gasteiger charge is 2.44. The van der Waals surface area contributed by atoms with Crippen LogP contribution in [0.5, 0.6) is 0 Å². The van der Waals surface area contributed by atoms with Crippen molar-refractivity contribution in [3.8, 4) is 0 Å². The number of aliphatic hydroxyl groups excluding tert-OH is 4. The van der Waals surface area contributed by atoms with Gasteiger partial charge in [0.2, 0.25) is 0 Å². The van der Waals surface area contributed by atoms with Gasteiger partial charge < -0.3 is 39.4 Å². The van der Waals surface area contributed by atoms with Gasteiger partial charge in [-0.15, -0.1) is 0 Å². The second kappa shape index (κ2) is 34.9. The number of allylic oxidation sites excluding steroid dienone is 10. The first-order valence-electron chi connectivity index (χ1n) is 20.9. The Bertz CT molecular complexity index is 1070. The molecule has 10 heteroatoms. The van der Waals surface area contributed by atoms with E-state index in [1.165, 1.54) is 32.1 Å². The van der Waals surface area contributed by atoms with Crippen molar-refractivity contribution in [2.24, 2.45) is 0 Å². The maximum absolute atomic E-state index is 12.7. The molecule has 310 valence electrons. The van der Waals surface area contributed by atoms with E-state index in [1.807, 2.05) is 30.4 Å². The van der Waals surface area contributed by atoms with Crippen molar-refractivity contribution < 1.29 is 49.0 Å². The molecule has 10 nitrogen and oxygen atoms in total. The predicted octanol–water partition coefficient (Wildman–Crippen LogP) is 8.27. The van der Waals surface area contributed by atoms with Crippen LogP contribution in [-0.4, -0.2) is 89.0 Å². The van der Waals surface area contributed by atoms with Crippen molar-refractivity contribution >= 4 is 11.9 Å². The molecule has 0 saturated carbocycles. The van der Waals surface area contributed by atoms with Gasteiger partial charge in [-0.1, -0.05) is 139 Å². The largest absolute Gasteiger partial charge is 0.462 e. The average Bonchev–Trinajstić information content (AvgIpc) is 3.17. The summed E-state index contributed by atoms with van der Waals surface area (Å²) in [4.78, 5) is 25.2. The fourth-order valence-electron chi connectivity index (χ4n) is 5.90. The van der Waals surface area contributed by atoms with Gasteiger partial charge in [0.15, 0.2) is 12.4 Å². The van der Waals surface area contributed by atoms with Gasteiger partial charge in [-0.05, 0) is 57.8 Å². The van der Waals surface area contributed by atoms with E-state index < -0.39 is 55.4 Å². The molecule has 0 aliphatic carbocycles. The van der Waals surface area contributed by atoms with Crippen molar-refractivity contribution in [3.63, 3.8) is 0 Å². The number of unbranched alkanes of at least 4 members (excludes halogenated alkanes) is 15. The van der Waals surface area contributed by atoms with Crippen LogP contribution in [-0.2, 0) is 28.5 Å². The molecule has 0 aromatic carbocycles. The summed E-state index contributed by atoms with van der Waals surface area (Å²) in [5.41, 5.74) is 0. The topological polar surface area (TPSA) is 152 Å². The molecule has 4 N–H and O–H groups in total. The van der Waals surface area contributed by atoms with Gasteiger partial charge in [0.05, 0.1) is 13.2 Å². The van der Waals surface area contributed by atoms with E-state index in [9.17, 15) is 30.0 Å². The molecule has 1 aliphatic rings. The molecule has 54 heavy (non-hydrogen) atoms. The predicted molar refractivity (Wildman–Crippen MR) is 215 cm³/mol. The zero-order chi connectivity index (χ0) is 39.5. The first-order chi connectivity index (χ1) is 26.3. The third kappa shape index (κ3) is 26.2. The van der Waals surface area contributed by atoms with Crippen molar-refractivity contribution in [2.75, 3.05) is 19.8 Å². The Labute approximate surface area is 326 Å². The maximum Gasteiger partial charge on any atom is 0.306 e. The lowest BCUT2D eigenvalue weighted by molar-refractivity contribution is -0.305. The number of hydrogen-bond acceptors (Lipinski definition) is 10. The molecule has 2 unspecified atom stereocenters. The smallest absolute Gasteiger partial charge is 0.306 e. The van der Waals surface area contributed by atoms with Gasteiger partial charge >= 0.3 is 11.9 Å². The minimum Gasteiger partial charge on any atom is -0.462 e. The molecule has 1 fully saturated rings. The summed E-state index contributed by atoms with van der Waals surface area (Å²) in [6, 6.07) is 0. The van der Waals surface area contributed by atoms with Crippen LogP contribution in [0.15, 0.2) is 60.8 Å². The molecule has 6 atom stereocenters. The monoisotopic (exact) mass is 763 g/mol. The van der Waals surface area contributed by atoms with Gasteiger partial charge in [-0.3, -0.25) is 9.59 Å². The Kier molecular flexibility index (Phi) is 31.9. The third-order valence-electron chi connectivity index (χ3n) is 9.23. The summed E-state index contributed by atoms with van der Waals surface area (Å²) in [6.45, 7) is 3.22. The summed E-state index contributed by atoms with van der Waals surface area (Å²) in [6.07, 6.45) is 33.7. The van der Waals surface area contributed by atoms with Crippen LogP contribution in [0.25, 0.3) is 0 Å². The highest BCUT2D eigenvalue weighted by atomic mass is 16.7. The fourth-order valence-corrected chi connectivity index (χ4v) is 5.90. The lowest BCUT2D eigenvalue weighted by Gasteiger charge is -2.39. The number of esters is 2. The zero-order valence-corrected chi connectivity index (χ0v) is 33.4. The number of rotatable bonds is 33. The van der Waals surface area contributed by atoms with E-state index in [4.69, 9.17) is 18.9 Å². The highest BCUT2D eigenvalue weighted by Crippen LogP contribution is 2.22. The average molecular weight is 763 g/mol. The molecule has 0 spiro atoms. The van der Waals surface area contributed by atoms with Gasteiger partial charge in [-0.2, -0.15) is 0 Å². The Morgan fingerprint density at radius 3 is 1.70 bits per heavy atom. The standard InChI is InChI=1S/C44H74O10/c1-3-5-7-9-11-13-15-17-19-21-22-24-26-28-30-32-39(46)51-35-37(36-52-44-43(50)42(49)41(48)38(34-45)54-44)53-40(47)33-31-29-27-25-23-20-18-16-14-12-10-8-6-4-2/h5,7,9,11,13,15-19,37-38,41-45,48-50H,3-4,6,8,10,12,14,20-36H2,1-2H3/b7-5+,11-9+,15-13+,18-16+,19-17+/t37-,38-,41+,42?,43?,44-/m0/s1. The van der Waals surface area contributed by atoms with Gasteiger partial charge in [0.1, 0.15) is 31.0 Å². The summed E-state index contributed by atoms with van der Waals surface area (Å²) in [5, 5.41) is 40.0. The van der Waals surface area contributed by atoms with Gasteiger partial charge in [0.25, 0.3) is 0 Å². The quantitative estimate of drug-likeness (QED) is 0.0223. The van der Waals surface area contributed by atoms with Crippen LogP contribution in [0.1, 0.15) is 149 Å². The molecular weight excluding hydrogens is 688 g/mol. The number of carbonyl (C=O) groups is 2. The second-order valence-electron chi connectivity index (χ2n) is 14.1. The minimum absolute atomic E-state index is 0.212. The molecule has 0 amide bonds. The van der Waals surface area contributed by atoms with Crippen molar-refractivity contribution in [2.45, 2.75) is 185 Å². The third-order valence-corrected chi connectivity index (χ3v) is 9.23. The molecule has 1 saturated heterocycles. The highest BCUT2D eigenvalue weighted by molar-refractivity contribution is 5.70. The molecule has 0 aromatic rings. The van der Waals surface area contributed by atoms with E-state index in [-0.39, 0.29) is 26.1 Å². The Morgan fingerprint density at radius 1 is 0.593 bits per heavy atom. The zero-order valence-electron chi connectivity index (χ0n) is 33.4. The van der Waals surface area contributed by atoms with Crippen LogP contribution >= 0.6 is 0 Å². The summed E-state index contributed by atoms with van der Waals surface area (Å²) in [5.74, 6) is -0.850. The molecule has 1 rings (SSSR count). The number of hydrogen-bond donors (Lipinski definition) is 4. The van der Waals surface area contributed by atoms with Crippen LogP contribution in [0, 0.1) is 0 Å². The van der Waals surface area contributed by atoms with E-state index >= 15 is 0 Å². The van der Waals surface area contributed by atoms with E-state index in [2.05, 4.69) is 44.2 Å². The summed E-state index contributed by atoms with van der Waals surface area (Å²) in [7, 11) is 0. The van der Waals surface area contributed by atoms with Crippen LogP contribution in [0.2, 0.25) is 0 Å². The molecule has 0 aromatic heterocycles. The van der Waals surface area contributed by atoms with E-state index in [0.29, 0.717) is 12.8 Å². The first kappa shape index (κ1) is 49.4. The Morgan fingerprint density at radius 2 is 1.11 bits per heavy atom. The number of aliphatic hydroxyl groups is 4. The van der Waals surface area contributed by atoms with Crippen LogP contribution in [0.3, 0.4) is 0 Å². The van der Waals surface area contributed by atoms with Crippen LogP contribution < -0.4 is 0 Å². The number of ether oxygens (including phenoxy) is 4. The molecule has 0 radical (unpaired) electrons. The normalized spacial score (nSPS) is 21.3. The molecule has 1 heterocycles. The lowest BCUT2D eigenvalue weighted by atomic mass is 9.99. The van der Waals surface area contributed by atoms with Crippen molar-refractivity contribution in [1.82, 2.24) is 0 Å². The lowest BCUT2D eigenvalue weighted by Crippen LogP contribution is -2.59. The van der Waals surface area contributed by atoms with Crippen molar-refractivity contribution in [3.05, 3.63) is 60.8 Å². The fraction of sp³-hybridized carbons (Fsp3) is 0.727. The molecular formula is C44H74O10. The Hall–Kier alpha value is -2.60. The second-order valence-corrected chi connectivity index (χ2v) is 14.1. The minimum atomic E-state index is -1.60. The van der Waals surface area contributed by atoms with E-state index in [1.54, 1.807) is 0 Å². The van der Waals surface area contributed by atoms with Gasteiger partial charge in [0, 0.05) is 12.8 Å². The summed E-state index contributed by atoms with van der Waals surface area (Å²) < 4.78 is 22.1. The molecule has 1 aliphatic heterocycles. The number of carbonyl (C=O) groups excluding carboxylic acids is 2. The SMILES string of the molecule is CC/C=C/C=C/C=C/C=C/CCCCCCCC(=O)OC[C@@H](CO[C@H]1O[C@@H](CO)[C@@H](O)C(O)C1O)OC(=O)CCCCCCC/C=C/CCCCCCC. The first-order valence-corrected chi connectivity index (χ1v) is 20.9. The summed E-state index contributed by atoms with van der Waals surface area (Å²) >= 11 is 0. The van der Waals surface area contributed by atoms with Gasteiger partial charge in [-0.25, -0.2) is 0 Å². The maximum atomic E-state index is 12.7. The van der Waals surface area contributed by atoms with Crippen molar-refractivity contribution in [1.29, 1.82) is 0 Å². The van der Waals surface area contributed by atoms with Crippen LogP contribution in [0.4, 0.5) is 0 Å². The van der Waals surface area contributed by atoms with E-state index in [0.717, 1.165) is 77.0 Å².